The lowest BCUT2D eigenvalue weighted by Crippen LogP contribution is -2.54. The van der Waals surface area contributed by atoms with Gasteiger partial charge in [-0.3, -0.25) is 14.9 Å². The maximum atomic E-state index is 13.1. The van der Waals surface area contributed by atoms with Gasteiger partial charge in [0.15, 0.2) is 18.1 Å². The number of halogens is 1. The van der Waals surface area contributed by atoms with E-state index in [1.807, 2.05) is 0 Å². The first-order valence-corrected chi connectivity index (χ1v) is 9.88. The Kier molecular flexibility index (Phi) is 6.79. The van der Waals surface area contributed by atoms with Gasteiger partial charge in [-0.15, -0.1) is 0 Å². The minimum Gasteiger partial charge on any atom is -0.490 e. The van der Waals surface area contributed by atoms with Crippen LogP contribution in [0.3, 0.4) is 0 Å². The lowest BCUT2D eigenvalue weighted by molar-refractivity contribution is -0.139. The van der Waals surface area contributed by atoms with Crippen molar-refractivity contribution in [2.75, 3.05) is 18.1 Å². The van der Waals surface area contributed by atoms with Gasteiger partial charge in [-0.1, -0.05) is 23.7 Å². The van der Waals surface area contributed by atoms with E-state index in [0.29, 0.717) is 16.1 Å². The molecule has 4 amide bonds. The van der Waals surface area contributed by atoms with Gasteiger partial charge in [0.05, 0.1) is 12.3 Å². The van der Waals surface area contributed by atoms with Gasteiger partial charge >= 0.3 is 12.0 Å². The molecule has 0 radical (unpaired) electrons. The summed E-state index contributed by atoms with van der Waals surface area (Å²) in [4.78, 5) is 49.5. The zero-order valence-corrected chi connectivity index (χ0v) is 17.9. The van der Waals surface area contributed by atoms with Gasteiger partial charge in [-0.05, 0) is 55.3 Å². The number of aliphatic carboxylic acids is 1. The predicted molar refractivity (Wildman–Crippen MR) is 116 cm³/mol. The van der Waals surface area contributed by atoms with E-state index >= 15 is 0 Å². The van der Waals surface area contributed by atoms with Crippen LogP contribution in [0.25, 0.3) is 6.08 Å². The number of carbonyl (C=O) groups excluding carboxylic acids is 3. The molecule has 1 aliphatic rings. The number of carboxylic acids is 1. The zero-order chi connectivity index (χ0) is 23.4. The van der Waals surface area contributed by atoms with Gasteiger partial charge in [-0.25, -0.2) is 14.5 Å². The summed E-state index contributed by atoms with van der Waals surface area (Å²) < 4.78 is 10.7. The van der Waals surface area contributed by atoms with Gasteiger partial charge in [0, 0.05) is 5.02 Å². The number of barbiturate groups is 1. The zero-order valence-electron chi connectivity index (χ0n) is 17.2. The van der Waals surface area contributed by atoms with Crippen LogP contribution < -0.4 is 19.7 Å². The minimum atomic E-state index is -1.15. The fourth-order valence-corrected chi connectivity index (χ4v) is 3.17. The molecule has 2 aromatic rings. The number of urea groups is 1. The summed E-state index contributed by atoms with van der Waals surface area (Å²) >= 11 is 6.02. The Morgan fingerprint density at radius 2 is 1.88 bits per heavy atom. The highest BCUT2D eigenvalue weighted by Crippen LogP contribution is 2.31. The highest BCUT2D eigenvalue weighted by molar-refractivity contribution is 6.39. The van der Waals surface area contributed by atoms with Gasteiger partial charge in [0.1, 0.15) is 5.57 Å². The van der Waals surface area contributed by atoms with Crippen LogP contribution in [0, 0.1) is 6.92 Å². The molecule has 0 saturated carbocycles. The van der Waals surface area contributed by atoms with E-state index in [2.05, 4.69) is 5.32 Å². The number of carboxylic acid groups (broad SMARTS) is 1. The van der Waals surface area contributed by atoms with E-state index in [4.69, 9.17) is 26.2 Å². The van der Waals surface area contributed by atoms with Gasteiger partial charge in [0.25, 0.3) is 11.8 Å². The second kappa shape index (κ2) is 9.52. The third-order valence-electron chi connectivity index (χ3n) is 4.44. The number of anilines is 1. The van der Waals surface area contributed by atoms with Crippen molar-refractivity contribution in [3.05, 3.63) is 58.1 Å². The molecule has 0 aliphatic carbocycles. The van der Waals surface area contributed by atoms with Crippen LogP contribution in [0.4, 0.5) is 10.5 Å². The number of hydrogen-bond donors (Lipinski definition) is 2. The molecule has 1 saturated heterocycles. The van der Waals surface area contributed by atoms with Crippen LogP contribution >= 0.6 is 11.6 Å². The molecule has 0 aromatic heterocycles. The number of benzene rings is 2. The average Bonchev–Trinajstić information content (AvgIpc) is 2.73. The summed E-state index contributed by atoms with van der Waals surface area (Å²) in [5, 5.41) is 11.3. The second-order valence-corrected chi connectivity index (χ2v) is 7.15. The van der Waals surface area contributed by atoms with Crippen LogP contribution in [0.15, 0.2) is 42.0 Å². The second-order valence-electron chi connectivity index (χ2n) is 6.71. The fraction of sp³-hybridized carbons (Fsp3) is 0.182. The van der Waals surface area contributed by atoms with Crippen molar-refractivity contribution in [3.63, 3.8) is 0 Å². The molecule has 1 heterocycles. The molecule has 32 heavy (non-hydrogen) atoms. The molecule has 1 fully saturated rings. The molecule has 166 valence electrons. The fourth-order valence-electron chi connectivity index (χ4n) is 3.01. The third kappa shape index (κ3) is 4.89. The Balaban J connectivity index is 1.99. The van der Waals surface area contributed by atoms with Crippen molar-refractivity contribution in [2.45, 2.75) is 13.8 Å². The molecule has 10 heteroatoms. The van der Waals surface area contributed by atoms with Gasteiger partial charge < -0.3 is 14.6 Å². The number of hydrogen-bond acceptors (Lipinski definition) is 6. The number of nitrogens with zero attached hydrogens (tertiary/aromatic N) is 1. The highest BCUT2D eigenvalue weighted by atomic mass is 35.5. The number of aryl methyl sites for hydroxylation is 1. The molecule has 2 aromatic carbocycles. The van der Waals surface area contributed by atoms with Crippen molar-refractivity contribution in [3.8, 4) is 11.5 Å². The monoisotopic (exact) mass is 458 g/mol. The first kappa shape index (κ1) is 22.8. The summed E-state index contributed by atoms with van der Waals surface area (Å²) in [5.74, 6) is -2.37. The quantitative estimate of drug-likeness (QED) is 0.482. The van der Waals surface area contributed by atoms with Crippen molar-refractivity contribution < 1.29 is 33.8 Å². The van der Waals surface area contributed by atoms with Gasteiger partial charge in [-0.2, -0.15) is 0 Å². The minimum absolute atomic E-state index is 0.196. The topological polar surface area (TPSA) is 122 Å². The maximum Gasteiger partial charge on any atom is 0.341 e. The molecular formula is C22H19ClN2O7. The van der Waals surface area contributed by atoms with E-state index in [-0.39, 0.29) is 29.4 Å². The number of imide groups is 2. The van der Waals surface area contributed by atoms with Crippen LogP contribution in [-0.4, -0.2) is 42.1 Å². The van der Waals surface area contributed by atoms with E-state index in [1.165, 1.54) is 30.3 Å². The lowest BCUT2D eigenvalue weighted by Gasteiger charge is -2.27. The normalized spacial score (nSPS) is 15.0. The van der Waals surface area contributed by atoms with E-state index in [1.54, 1.807) is 26.0 Å². The van der Waals surface area contributed by atoms with Crippen molar-refractivity contribution in [1.82, 2.24) is 5.32 Å². The third-order valence-corrected chi connectivity index (χ3v) is 4.68. The Hall–Kier alpha value is -3.85. The van der Waals surface area contributed by atoms with Crippen LogP contribution in [0.5, 0.6) is 11.5 Å². The van der Waals surface area contributed by atoms with Crippen LogP contribution in [0.2, 0.25) is 5.02 Å². The summed E-state index contributed by atoms with van der Waals surface area (Å²) in [6.45, 7) is 3.16. The van der Waals surface area contributed by atoms with E-state index < -0.39 is 30.4 Å². The Bertz CT molecular complexity index is 1140. The molecule has 9 nitrogen and oxygen atoms in total. The average molecular weight is 459 g/mol. The SMILES string of the molecule is CCOc1cc(/C=C2/C(=O)NC(=O)N(c3cc(Cl)ccc3C)C2=O)ccc1OCC(=O)O. The van der Waals surface area contributed by atoms with Crippen LogP contribution in [-0.2, 0) is 14.4 Å². The number of amides is 4. The maximum absolute atomic E-state index is 13.1. The van der Waals surface area contributed by atoms with Crippen molar-refractivity contribution >= 4 is 47.2 Å². The first-order chi connectivity index (χ1) is 15.2. The number of carbonyl (C=O) groups is 4. The molecule has 0 spiro atoms. The Labute approximate surface area is 188 Å². The largest absolute Gasteiger partial charge is 0.490 e. The number of nitrogens with one attached hydrogen (secondary N) is 1. The lowest BCUT2D eigenvalue weighted by atomic mass is 10.1. The number of rotatable bonds is 7. The van der Waals surface area contributed by atoms with Crippen LogP contribution in [0.1, 0.15) is 18.1 Å². The standard InChI is InChI=1S/C22H19ClN2O7/c1-3-31-18-9-13(5-7-17(18)32-11-19(26)27)8-15-20(28)24-22(30)25(21(15)29)16-10-14(23)6-4-12(16)2/h4-10H,3,11H2,1-2H3,(H,26,27)(H,24,28,30)/b15-8-. The predicted octanol–water partition coefficient (Wildman–Crippen LogP) is 3.18. The Morgan fingerprint density at radius 3 is 2.56 bits per heavy atom. The molecule has 0 bridgehead atoms. The summed E-state index contributed by atoms with van der Waals surface area (Å²) in [6.07, 6.45) is 1.31. The van der Waals surface area contributed by atoms with E-state index in [9.17, 15) is 19.2 Å². The number of ether oxygens (including phenoxy) is 2. The molecule has 2 N–H and O–H groups in total. The molecule has 3 rings (SSSR count). The van der Waals surface area contributed by atoms with Crippen molar-refractivity contribution in [1.29, 1.82) is 0 Å². The van der Waals surface area contributed by atoms with Crippen molar-refractivity contribution in [2.24, 2.45) is 0 Å². The summed E-state index contributed by atoms with van der Waals surface area (Å²) in [5.41, 5.74) is 1.01. The van der Waals surface area contributed by atoms with Gasteiger partial charge in [0.2, 0.25) is 0 Å². The summed E-state index contributed by atoms with van der Waals surface area (Å²) in [7, 11) is 0. The molecule has 1 aliphatic heterocycles. The molecule has 0 atom stereocenters. The molecular weight excluding hydrogens is 440 g/mol. The Morgan fingerprint density at radius 1 is 1.12 bits per heavy atom. The smallest absolute Gasteiger partial charge is 0.341 e. The summed E-state index contributed by atoms with van der Waals surface area (Å²) in [6, 6.07) is 8.35. The highest BCUT2D eigenvalue weighted by Gasteiger charge is 2.37. The molecule has 0 unspecified atom stereocenters. The first-order valence-electron chi connectivity index (χ1n) is 9.50. The van der Waals surface area contributed by atoms with E-state index in [0.717, 1.165) is 4.90 Å².